The lowest BCUT2D eigenvalue weighted by Crippen LogP contribution is -2.39. The van der Waals surface area contributed by atoms with Crippen LogP contribution in [0, 0.1) is 5.92 Å². The summed E-state index contributed by atoms with van der Waals surface area (Å²) in [4.78, 5) is 0. The van der Waals surface area contributed by atoms with Gasteiger partial charge in [0.05, 0.1) is 5.60 Å². The van der Waals surface area contributed by atoms with E-state index in [0.717, 1.165) is 12.8 Å². The Labute approximate surface area is 56.4 Å². The second kappa shape index (κ2) is 2.14. The molecule has 0 aromatic carbocycles. The van der Waals surface area contributed by atoms with Gasteiger partial charge in [0.15, 0.2) is 0 Å². The summed E-state index contributed by atoms with van der Waals surface area (Å²) in [6.07, 6.45) is 6.10. The number of aliphatic hydroxyl groups is 1. The van der Waals surface area contributed by atoms with E-state index >= 15 is 0 Å². The van der Waals surface area contributed by atoms with Gasteiger partial charge in [-0.1, -0.05) is 12.2 Å². The minimum absolute atomic E-state index is 0.357. The Bertz CT molecular complexity index is 117. The van der Waals surface area contributed by atoms with Crippen molar-refractivity contribution in [3.05, 3.63) is 12.2 Å². The molecule has 0 aromatic heterocycles. The number of hydrogen-bond donors (Lipinski definition) is 1. The molecular weight excluding hydrogens is 112 g/mol. The Kier molecular flexibility index (Phi) is 1.62. The van der Waals surface area contributed by atoms with E-state index in [1.807, 2.05) is 13.8 Å². The van der Waals surface area contributed by atoms with Crippen LogP contribution in [-0.4, -0.2) is 10.7 Å². The zero-order chi connectivity index (χ0) is 6.91. The molecule has 0 heterocycles. The second-order valence-corrected chi connectivity index (χ2v) is 3.19. The van der Waals surface area contributed by atoms with E-state index in [0.29, 0.717) is 5.92 Å². The van der Waals surface area contributed by atoms with Crippen LogP contribution in [0.3, 0.4) is 0 Å². The van der Waals surface area contributed by atoms with E-state index in [1.165, 1.54) is 0 Å². The van der Waals surface area contributed by atoms with Crippen molar-refractivity contribution in [2.75, 3.05) is 0 Å². The smallest absolute Gasteiger partial charge is 0.0631 e. The van der Waals surface area contributed by atoms with E-state index in [2.05, 4.69) is 12.2 Å². The summed E-state index contributed by atoms with van der Waals surface area (Å²) >= 11 is 0. The van der Waals surface area contributed by atoms with E-state index in [4.69, 9.17) is 0 Å². The summed E-state index contributed by atoms with van der Waals surface area (Å²) in [6, 6.07) is 0. The highest BCUT2D eigenvalue weighted by molar-refractivity contribution is 5.00. The van der Waals surface area contributed by atoms with Gasteiger partial charge >= 0.3 is 0 Å². The van der Waals surface area contributed by atoms with Crippen molar-refractivity contribution in [3.8, 4) is 0 Å². The van der Waals surface area contributed by atoms with Crippen molar-refractivity contribution in [2.45, 2.75) is 32.3 Å². The maximum Gasteiger partial charge on any atom is 0.0631 e. The summed E-state index contributed by atoms with van der Waals surface area (Å²) in [7, 11) is 0. The molecule has 1 aliphatic rings. The van der Waals surface area contributed by atoms with E-state index < -0.39 is 0 Å². The molecule has 52 valence electrons. The van der Waals surface area contributed by atoms with E-state index in [1.54, 1.807) is 0 Å². The molecule has 0 unspecified atom stereocenters. The highest BCUT2D eigenvalue weighted by Crippen LogP contribution is 2.37. The van der Waals surface area contributed by atoms with Crippen LogP contribution < -0.4 is 0 Å². The fourth-order valence-corrected chi connectivity index (χ4v) is 1.48. The summed E-state index contributed by atoms with van der Waals surface area (Å²) < 4.78 is 0. The minimum atomic E-state index is -0.357. The molecule has 1 heteroatoms. The van der Waals surface area contributed by atoms with Crippen LogP contribution in [0.15, 0.2) is 12.2 Å². The predicted molar refractivity (Wildman–Crippen MR) is 38.2 cm³/mol. The largest absolute Gasteiger partial charge is 0.390 e. The van der Waals surface area contributed by atoms with Crippen molar-refractivity contribution < 1.29 is 5.11 Å². The van der Waals surface area contributed by atoms with E-state index in [-0.39, 0.29) is 5.60 Å². The van der Waals surface area contributed by atoms with Gasteiger partial charge in [-0.2, -0.15) is 0 Å². The molecule has 0 spiro atoms. The Morgan fingerprint density at radius 3 is 2.44 bits per heavy atom. The normalized spacial score (nSPS) is 43.2. The topological polar surface area (TPSA) is 20.2 Å². The molecule has 1 N–H and O–H groups in total. The molecule has 1 saturated carbocycles. The first-order chi connectivity index (χ1) is 4.14. The number of rotatable bonds is 1. The molecule has 1 aliphatic carbocycles. The molecule has 0 bridgehead atoms. The molecule has 0 radical (unpaired) electrons. The van der Waals surface area contributed by atoms with Gasteiger partial charge in [-0.25, -0.2) is 0 Å². The second-order valence-electron chi connectivity index (χ2n) is 3.19. The zero-order valence-electron chi connectivity index (χ0n) is 6.09. The quantitative estimate of drug-likeness (QED) is 0.530. The average Bonchev–Trinajstić information content (AvgIpc) is 1.62. The molecule has 0 amide bonds. The average molecular weight is 126 g/mol. The molecule has 1 fully saturated rings. The van der Waals surface area contributed by atoms with Gasteiger partial charge in [-0.3, -0.25) is 0 Å². The van der Waals surface area contributed by atoms with Gasteiger partial charge in [0.2, 0.25) is 0 Å². The summed E-state index contributed by atoms with van der Waals surface area (Å²) in [5.41, 5.74) is -0.357. The molecule has 0 aromatic rings. The summed E-state index contributed by atoms with van der Waals surface area (Å²) in [5.74, 6) is 0.644. The lowest BCUT2D eigenvalue weighted by Gasteiger charge is -2.39. The molecular formula is C8H14O. The zero-order valence-corrected chi connectivity index (χ0v) is 6.09. The monoisotopic (exact) mass is 126 g/mol. The van der Waals surface area contributed by atoms with Gasteiger partial charge in [0.25, 0.3) is 0 Å². The van der Waals surface area contributed by atoms with Crippen molar-refractivity contribution in [2.24, 2.45) is 5.92 Å². The molecule has 1 rings (SSSR count). The van der Waals surface area contributed by atoms with Gasteiger partial charge in [-0.05, 0) is 32.6 Å². The lowest BCUT2D eigenvalue weighted by atomic mass is 9.72. The van der Waals surface area contributed by atoms with Crippen LogP contribution >= 0.6 is 0 Å². The summed E-state index contributed by atoms with van der Waals surface area (Å²) in [6.45, 7) is 3.92. The van der Waals surface area contributed by atoms with Gasteiger partial charge < -0.3 is 5.11 Å². The Hall–Kier alpha value is -0.300. The Morgan fingerprint density at radius 2 is 2.11 bits per heavy atom. The van der Waals surface area contributed by atoms with Crippen LogP contribution in [0.25, 0.3) is 0 Å². The van der Waals surface area contributed by atoms with Crippen LogP contribution in [-0.2, 0) is 0 Å². The summed E-state index contributed by atoms with van der Waals surface area (Å²) in [5, 5.41) is 9.28. The number of allylic oxidation sites excluding steroid dienone is 2. The van der Waals surface area contributed by atoms with Crippen LogP contribution in [0.4, 0.5) is 0 Å². The third kappa shape index (κ3) is 1.55. The molecule has 0 saturated heterocycles. The highest BCUT2D eigenvalue weighted by Gasteiger charge is 2.36. The van der Waals surface area contributed by atoms with Crippen molar-refractivity contribution >= 4 is 0 Å². The first-order valence-corrected chi connectivity index (χ1v) is 3.49. The molecule has 9 heavy (non-hydrogen) atoms. The fourth-order valence-electron chi connectivity index (χ4n) is 1.48. The first-order valence-electron chi connectivity index (χ1n) is 3.49. The fraction of sp³-hybridized carbons (Fsp3) is 0.750. The molecule has 0 atom stereocenters. The third-order valence-electron chi connectivity index (χ3n) is 1.87. The van der Waals surface area contributed by atoms with Crippen LogP contribution in [0.1, 0.15) is 26.7 Å². The Morgan fingerprint density at radius 1 is 1.56 bits per heavy atom. The molecule has 1 nitrogen and oxygen atoms in total. The van der Waals surface area contributed by atoms with Crippen LogP contribution in [0.2, 0.25) is 0 Å². The van der Waals surface area contributed by atoms with E-state index in [9.17, 15) is 5.11 Å². The van der Waals surface area contributed by atoms with Gasteiger partial charge in [0, 0.05) is 0 Å². The first kappa shape index (κ1) is 6.81. The lowest BCUT2D eigenvalue weighted by molar-refractivity contribution is -0.0415. The van der Waals surface area contributed by atoms with Crippen molar-refractivity contribution in [3.63, 3.8) is 0 Å². The maximum atomic E-state index is 9.28. The number of hydrogen-bond acceptors (Lipinski definition) is 1. The van der Waals surface area contributed by atoms with Crippen LogP contribution in [0.5, 0.6) is 0 Å². The minimum Gasteiger partial charge on any atom is -0.390 e. The van der Waals surface area contributed by atoms with Gasteiger partial charge in [0.1, 0.15) is 0 Å². The predicted octanol–water partition coefficient (Wildman–Crippen LogP) is 1.72. The van der Waals surface area contributed by atoms with Crippen molar-refractivity contribution in [1.82, 2.24) is 0 Å². The Balaban J connectivity index is 2.27. The highest BCUT2D eigenvalue weighted by atomic mass is 16.3. The standard InChI is InChI=1S/C8H14O/c1-3-4-7-5-8(2,9)6-7/h3-4,7,9H,5-6H2,1-2H3/b4-3+. The SMILES string of the molecule is C/C=C/C1CC(C)(O)C1. The molecule has 0 aliphatic heterocycles. The van der Waals surface area contributed by atoms with Crippen molar-refractivity contribution in [1.29, 1.82) is 0 Å². The third-order valence-corrected chi connectivity index (χ3v) is 1.87. The van der Waals surface area contributed by atoms with Gasteiger partial charge in [-0.15, -0.1) is 0 Å². The maximum absolute atomic E-state index is 9.28.